The van der Waals surface area contributed by atoms with Crippen molar-refractivity contribution in [3.05, 3.63) is 22.6 Å². The molecular formula is C11H16N6O. The number of nitrogens with zero attached hydrogens (tertiary/aromatic N) is 2. The Morgan fingerprint density at radius 3 is 3.00 bits per heavy atom. The van der Waals surface area contributed by atoms with E-state index < -0.39 is 0 Å². The van der Waals surface area contributed by atoms with Gasteiger partial charge in [-0.1, -0.05) is 6.92 Å². The predicted octanol–water partition coefficient (Wildman–Crippen LogP) is -0.0783. The molecule has 5 N–H and O–H groups in total. The molecule has 0 saturated carbocycles. The maximum absolute atomic E-state index is 11.8. The van der Waals surface area contributed by atoms with E-state index in [1.165, 1.54) is 0 Å². The van der Waals surface area contributed by atoms with Crippen molar-refractivity contribution in [1.82, 2.24) is 20.3 Å². The molecule has 2 aromatic heterocycles. The van der Waals surface area contributed by atoms with Gasteiger partial charge in [-0.05, 0) is 12.6 Å². The lowest BCUT2D eigenvalue weighted by molar-refractivity contribution is 0.738. The third kappa shape index (κ3) is 2.57. The van der Waals surface area contributed by atoms with Crippen LogP contribution < -0.4 is 21.9 Å². The Labute approximate surface area is 104 Å². The molecule has 0 unspecified atom stereocenters. The Bertz CT molecular complexity index is 594. The second kappa shape index (κ2) is 5.46. The molecule has 0 aliphatic heterocycles. The summed E-state index contributed by atoms with van der Waals surface area (Å²) in [6.45, 7) is 4.37. The van der Waals surface area contributed by atoms with Crippen molar-refractivity contribution in [1.29, 1.82) is 0 Å². The van der Waals surface area contributed by atoms with Gasteiger partial charge in [0.1, 0.15) is 11.2 Å². The lowest BCUT2D eigenvalue weighted by atomic mass is 10.3. The minimum absolute atomic E-state index is 0.152. The van der Waals surface area contributed by atoms with Crippen LogP contribution in [-0.4, -0.2) is 34.6 Å². The summed E-state index contributed by atoms with van der Waals surface area (Å²) in [5.41, 5.74) is 5.93. The number of fused-ring (bicyclic) bond motifs is 1. The first-order valence-corrected chi connectivity index (χ1v) is 5.82. The summed E-state index contributed by atoms with van der Waals surface area (Å²) < 4.78 is 0. The molecule has 18 heavy (non-hydrogen) atoms. The van der Waals surface area contributed by atoms with Crippen LogP contribution in [0, 0.1) is 0 Å². The van der Waals surface area contributed by atoms with Gasteiger partial charge in [-0.2, -0.15) is 4.98 Å². The van der Waals surface area contributed by atoms with Crippen LogP contribution in [0.5, 0.6) is 0 Å². The van der Waals surface area contributed by atoms with Gasteiger partial charge in [0.05, 0.1) is 5.52 Å². The van der Waals surface area contributed by atoms with Crippen LogP contribution in [0.15, 0.2) is 17.1 Å². The Balaban J connectivity index is 2.33. The Morgan fingerprint density at radius 2 is 2.22 bits per heavy atom. The van der Waals surface area contributed by atoms with Crippen LogP contribution in [0.25, 0.3) is 10.9 Å². The minimum atomic E-state index is -0.224. The lowest BCUT2D eigenvalue weighted by Gasteiger charge is -2.08. The quantitative estimate of drug-likeness (QED) is 0.551. The zero-order valence-corrected chi connectivity index (χ0v) is 10.2. The van der Waals surface area contributed by atoms with E-state index in [1.54, 1.807) is 12.3 Å². The fourth-order valence-electron chi connectivity index (χ4n) is 1.68. The number of rotatable bonds is 5. The van der Waals surface area contributed by atoms with Crippen LogP contribution in [0.1, 0.15) is 6.92 Å². The monoisotopic (exact) mass is 248 g/mol. The molecule has 0 saturated heterocycles. The number of likely N-dealkylation sites (N-methyl/N-ethyl adjacent to an activating group) is 1. The summed E-state index contributed by atoms with van der Waals surface area (Å²) in [5, 5.41) is 6.70. The first-order valence-electron chi connectivity index (χ1n) is 5.82. The van der Waals surface area contributed by atoms with Gasteiger partial charge >= 0.3 is 0 Å². The Hall–Kier alpha value is -2.15. The first kappa shape index (κ1) is 12.3. The molecular weight excluding hydrogens is 232 g/mol. The van der Waals surface area contributed by atoms with Gasteiger partial charge in [-0.25, -0.2) is 4.98 Å². The highest BCUT2D eigenvalue weighted by Crippen LogP contribution is 2.16. The van der Waals surface area contributed by atoms with E-state index in [1.807, 2.05) is 6.92 Å². The van der Waals surface area contributed by atoms with Crippen molar-refractivity contribution in [2.75, 3.05) is 30.7 Å². The highest BCUT2D eigenvalue weighted by atomic mass is 16.1. The molecule has 0 aliphatic rings. The van der Waals surface area contributed by atoms with Gasteiger partial charge in [0.15, 0.2) is 0 Å². The van der Waals surface area contributed by atoms with Gasteiger partial charge < -0.3 is 21.4 Å². The molecule has 0 aliphatic carbocycles. The fraction of sp³-hybridized carbons (Fsp3) is 0.364. The smallest absolute Gasteiger partial charge is 0.261 e. The SMILES string of the molecule is CCNCCNc1nc(N)nc2cc[nH]c(=O)c12. The maximum atomic E-state index is 11.8. The summed E-state index contributed by atoms with van der Waals surface area (Å²) in [6.07, 6.45) is 1.54. The summed E-state index contributed by atoms with van der Waals surface area (Å²) in [4.78, 5) is 22.5. The van der Waals surface area contributed by atoms with Crippen LogP contribution >= 0.6 is 0 Å². The van der Waals surface area contributed by atoms with Gasteiger partial charge in [0.2, 0.25) is 5.95 Å². The molecule has 2 aromatic rings. The first-order chi connectivity index (χ1) is 8.72. The van der Waals surface area contributed by atoms with Gasteiger partial charge in [-0.3, -0.25) is 4.79 Å². The van der Waals surface area contributed by atoms with Crippen molar-refractivity contribution in [2.24, 2.45) is 0 Å². The maximum Gasteiger partial charge on any atom is 0.261 e. The van der Waals surface area contributed by atoms with E-state index in [0.29, 0.717) is 23.3 Å². The average Bonchev–Trinajstić information content (AvgIpc) is 2.34. The molecule has 2 rings (SSSR count). The van der Waals surface area contributed by atoms with Crippen LogP contribution in [0.2, 0.25) is 0 Å². The largest absolute Gasteiger partial charge is 0.368 e. The van der Waals surface area contributed by atoms with Crippen LogP contribution in [0.4, 0.5) is 11.8 Å². The molecule has 0 atom stereocenters. The molecule has 2 heterocycles. The third-order valence-corrected chi connectivity index (χ3v) is 2.48. The molecule has 7 nitrogen and oxygen atoms in total. The van der Waals surface area contributed by atoms with Crippen molar-refractivity contribution in [3.8, 4) is 0 Å². The second-order valence-electron chi connectivity index (χ2n) is 3.78. The van der Waals surface area contributed by atoms with Crippen molar-refractivity contribution >= 4 is 22.7 Å². The summed E-state index contributed by atoms with van der Waals surface area (Å²) >= 11 is 0. The number of anilines is 2. The standard InChI is InChI=1S/C11H16N6O/c1-2-13-5-6-14-9-8-7(16-11(12)17-9)3-4-15-10(8)18/h3-4,13H,2,5-6H2,1H3,(H,15,18)(H3,12,14,16,17). The van der Waals surface area contributed by atoms with E-state index in [9.17, 15) is 4.79 Å². The number of nitrogens with two attached hydrogens (primary N) is 1. The van der Waals surface area contributed by atoms with Gasteiger partial charge in [0.25, 0.3) is 5.56 Å². The molecule has 0 fully saturated rings. The van der Waals surface area contributed by atoms with E-state index in [0.717, 1.165) is 13.1 Å². The van der Waals surface area contributed by atoms with Gasteiger partial charge in [0, 0.05) is 19.3 Å². The second-order valence-corrected chi connectivity index (χ2v) is 3.78. The minimum Gasteiger partial charge on any atom is -0.368 e. The average molecular weight is 248 g/mol. The van der Waals surface area contributed by atoms with Crippen molar-refractivity contribution in [3.63, 3.8) is 0 Å². The molecule has 96 valence electrons. The molecule has 7 heteroatoms. The molecule has 0 aromatic carbocycles. The highest BCUT2D eigenvalue weighted by molar-refractivity contribution is 5.88. The predicted molar refractivity (Wildman–Crippen MR) is 71.6 cm³/mol. The molecule has 0 spiro atoms. The number of hydrogen-bond acceptors (Lipinski definition) is 6. The highest BCUT2D eigenvalue weighted by Gasteiger charge is 2.08. The van der Waals surface area contributed by atoms with Crippen LogP contribution in [0.3, 0.4) is 0 Å². The number of pyridine rings is 1. The fourth-order valence-corrected chi connectivity index (χ4v) is 1.68. The molecule has 0 radical (unpaired) electrons. The summed E-state index contributed by atoms with van der Waals surface area (Å²) in [6, 6.07) is 1.70. The topological polar surface area (TPSA) is 109 Å². The Kier molecular flexibility index (Phi) is 3.73. The molecule has 0 bridgehead atoms. The normalized spacial score (nSPS) is 10.7. The zero-order chi connectivity index (χ0) is 13.0. The number of nitrogen functional groups attached to an aromatic ring is 1. The van der Waals surface area contributed by atoms with E-state index in [4.69, 9.17) is 5.73 Å². The molecule has 0 amide bonds. The zero-order valence-electron chi connectivity index (χ0n) is 10.2. The lowest BCUT2D eigenvalue weighted by Crippen LogP contribution is -2.23. The van der Waals surface area contributed by atoms with E-state index in [2.05, 4.69) is 25.6 Å². The number of aromatic amines is 1. The van der Waals surface area contributed by atoms with E-state index >= 15 is 0 Å². The van der Waals surface area contributed by atoms with E-state index in [-0.39, 0.29) is 11.5 Å². The Morgan fingerprint density at radius 1 is 1.39 bits per heavy atom. The summed E-state index contributed by atoms with van der Waals surface area (Å²) in [5.74, 6) is 0.622. The number of hydrogen-bond donors (Lipinski definition) is 4. The van der Waals surface area contributed by atoms with Crippen molar-refractivity contribution in [2.45, 2.75) is 6.92 Å². The third-order valence-electron chi connectivity index (χ3n) is 2.48. The number of nitrogens with one attached hydrogen (secondary N) is 3. The summed E-state index contributed by atoms with van der Waals surface area (Å²) in [7, 11) is 0. The number of H-pyrrole nitrogens is 1. The number of aromatic nitrogens is 3. The van der Waals surface area contributed by atoms with Gasteiger partial charge in [-0.15, -0.1) is 0 Å². The van der Waals surface area contributed by atoms with Crippen LogP contribution in [-0.2, 0) is 0 Å². The van der Waals surface area contributed by atoms with Crippen molar-refractivity contribution < 1.29 is 0 Å².